The van der Waals surface area contributed by atoms with Gasteiger partial charge in [-0.2, -0.15) is 0 Å². The van der Waals surface area contributed by atoms with E-state index >= 15 is 0 Å². The van der Waals surface area contributed by atoms with Gasteiger partial charge in [-0.25, -0.2) is 8.42 Å². The highest BCUT2D eigenvalue weighted by Crippen LogP contribution is 2.48. The number of hydrogen-bond donors (Lipinski definition) is 1. The first-order valence-electron chi connectivity index (χ1n) is 7.09. The number of nitrogens with zero attached hydrogens (tertiary/aromatic N) is 1. The Morgan fingerprint density at radius 2 is 1.82 bits per heavy atom. The molecule has 2 aromatic rings. The Kier molecular flexibility index (Phi) is 4.16. The van der Waals surface area contributed by atoms with Crippen LogP contribution in [0.3, 0.4) is 0 Å². The molecule has 0 aromatic heterocycles. The van der Waals surface area contributed by atoms with Crippen LogP contribution in [-0.4, -0.2) is 27.8 Å². The molecule has 1 aliphatic heterocycles. The molecule has 0 atom stereocenters. The molecule has 0 bridgehead atoms. The van der Waals surface area contributed by atoms with Crippen molar-refractivity contribution < 1.29 is 8.42 Å². The van der Waals surface area contributed by atoms with E-state index in [9.17, 15) is 8.42 Å². The minimum atomic E-state index is -3.20. The summed E-state index contributed by atoms with van der Waals surface area (Å²) in [6.45, 7) is 1.45. The van der Waals surface area contributed by atoms with Crippen molar-refractivity contribution in [2.75, 3.05) is 24.2 Å². The third kappa shape index (κ3) is 2.86. The van der Waals surface area contributed by atoms with E-state index in [1.54, 1.807) is 23.9 Å². The Hall–Kier alpha value is -1.50. The average Bonchev–Trinajstić information content (AvgIpc) is 2.50. The topological polar surface area (TPSA) is 63.4 Å². The van der Waals surface area contributed by atoms with Gasteiger partial charge in [0.15, 0.2) is 9.84 Å². The van der Waals surface area contributed by atoms with E-state index in [0.29, 0.717) is 11.4 Å². The van der Waals surface area contributed by atoms with Crippen molar-refractivity contribution in [2.24, 2.45) is 5.73 Å². The van der Waals surface area contributed by atoms with Crippen molar-refractivity contribution in [3.05, 3.63) is 42.5 Å². The summed E-state index contributed by atoms with van der Waals surface area (Å²) in [4.78, 5) is 4.69. The third-order valence-corrected chi connectivity index (χ3v) is 5.83. The molecule has 2 aromatic carbocycles. The number of hydrogen-bond acceptors (Lipinski definition) is 5. The molecule has 0 spiro atoms. The van der Waals surface area contributed by atoms with Crippen molar-refractivity contribution in [1.82, 2.24) is 0 Å². The van der Waals surface area contributed by atoms with Crippen molar-refractivity contribution in [3.63, 3.8) is 0 Å². The fourth-order valence-corrected chi connectivity index (χ4v) is 4.39. The first kappa shape index (κ1) is 15.4. The molecule has 0 amide bonds. The van der Waals surface area contributed by atoms with E-state index in [2.05, 4.69) is 17.0 Å². The monoisotopic (exact) mass is 334 g/mol. The SMILES string of the molecule is CS(=O)(=O)c1ccc2c(c1)Sc1ccccc1N2CCCN. The third-order valence-electron chi connectivity index (χ3n) is 3.61. The molecule has 6 heteroatoms. The molecule has 0 unspecified atom stereocenters. The molecule has 1 aliphatic rings. The Bertz CT molecular complexity index is 804. The molecular formula is C16H18N2O2S2. The Balaban J connectivity index is 2.10. The number of anilines is 2. The van der Waals surface area contributed by atoms with E-state index < -0.39 is 9.84 Å². The zero-order valence-electron chi connectivity index (χ0n) is 12.3. The van der Waals surface area contributed by atoms with Crippen molar-refractivity contribution in [1.29, 1.82) is 0 Å². The first-order valence-corrected chi connectivity index (χ1v) is 9.80. The second-order valence-electron chi connectivity index (χ2n) is 5.27. The number of benzene rings is 2. The maximum absolute atomic E-state index is 11.8. The molecule has 4 nitrogen and oxygen atoms in total. The number of nitrogens with two attached hydrogens (primary N) is 1. The lowest BCUT2D eigenvalue weighted by Crippen LogP contribution is -2.23. The van der Waals surface area contributed by atoms with Gasteiger partial charge >= 0.3 is 0 Å². The van der Waals surface area contributed by atoms with Gasteiger partial charge in [0.1, 0.15) is 0 Å². The van der Waals surface area contributed by atoms with Crippen LogP contribution in [0, 0.1) is 0 Å². The van der Waals surface area contributed by atoms with Gasteiger partial charge in [-0.05, 0) is 43.3 Å². The van der Waals surface area contributed by atoms with Crippen LogP contribution < -0.4 is 10.6 Å². The minimum absolute atomic E-state index is 0.358. The van der Waals surface area contributed by atoms with Gasteiger partial charge in [0, 0.05) is 22.6 Å². The molecule has 0 aliphatic carbocycles. The second-order valence-corrected chi connectivity index (χ2v) is 8.36. The van der Waals surface area contributed by atoms with Crippen molar-refractivity contribution in [3.8, 4) is 0 Å². The van der Waals surface area contributed by atoms with Crippen molar-refractivity contribution >= 4 is 33.0 Å². The predicted molar refractivity (Wildman–Crippen MR) is 90.8 cm³/mol. The van der Waals surface area contributed by atoms with Crippen LogP contribution >= 0.6 is 11.8 Å². The molecule has 0 radical (unpaired) electrons. The van der Waals surface area contributed by atoms with Crippen LogP contribution in [0.25, 0.3) is 0 Å². The zero-order valence-corrected chi connectivity index (χ0v) is 14.0. The van der Waals surface area contributed by atoms with Crippen LogP contribution in [0.2, 0.25) is 0 Å². The number of para-hydroxylation sites is 1. The molecule has 0 saturated heterocycles. The van der Waals surface area contributed by atoms with Crippen LogP contribution in [-0.2, 0) is 9.84 Å². The summed E-state index contributed by atoms with van der Waals surface area (Å²) < 4.78 is 23.6. The molecule has 22 heavy (non-hydrogen) atoms. The van der Waals surface area contributed by atoms with Gasteiger partial charge in [0.05, 0.1) is 16.3 Å². The maximum Gasteiger partial charge on any atom is 0.175 e. The van der Waals surface area contributed by atoms with E-state index in [1.807, 2.05) is 18.2 Å². The lowest BCUT2D eigenvalue weighted by atomic mass is 10.2. The number of sulfone groups is 1. The van der Waals surface area contributed by atoms with Gasteiger partial charge < -0.3 is 10.6 Å². The minimum Gasteiger partial charge on any atom is -0.340 e. The quantitative estimate of drug-likeness (QED) is 0.931. The van der Waals surface area contributed by atoms with Crippen LogP contribution in [0.4, 0.5) is 11.4 Å². The first-order chi connectivity index (χ1) is 10.5. The summed E-state index contributed by atoms with van der Waals surface area (Å²) >= 11 is 1.61. The van der Waals surface area contributed by atoms with Crippen LogP contribution in [0.15, 0.2) is 57.2 Å². The summed E-state index contributed by atoms with van der Waals surface area (Å²) in [6, 6.07) is 13.5. The Labute approximate surface area is 135 Å². The lowest BCUT2D eigenvalue weighted by Gasteiger charge is -2.33. The summed E-state index contributed by atoms with van der Waals surface area (Å²) in [5, 5.41) is 0. The van der Waals surface area contributed by atoms with E-state index in [0.717, 1.165) is 34.1 Å². The maximum atomic E-state index is 11.8. The van der Waals surface area contributed by atoms with Gasteiger partial charge in [0.2, 0.25) is 0 Å². The highest BCUT2D eigenvalue weighted by molar-refractivity contribution is 7.99. The highest BCUT2D eigenvalue weighted by atomic mass is 32.2. The highest BCUT2D eigenvalue weighted by Gasteiger charge is 2.24. The Morgan fingerprint density at radius 1 is 1.09 bits per heavy atom. The Morgan fingerprint density at radius 3 is 2.55 bits per heavy atom. The summed E-state index contributed by atoms with van der Waals surface area (Å²) in [5.41, 5.74) is 7.85. The fourth-order valence-electron chi connectivity index (χ4n) is 2.53. The summed E-state index contributed by atoms with van der Waals surface area (Å²) in [5.74, 6) is 0. The van der Waals surface area contributed by atoms with Gasteiger partial charge in [-0.1, -0.05) is 23.9 Å². The number of fused-ring (bicyclic) bond motifs is 2. The molecule has 2 N–H and O–H groups in total. The van der Waals surface area contributed by atoms with Crippen molar-refractivity contribution in [2.45, 2.75) is 21.1 Å². The standard InChI is InChI=1S/C16H18N2O2S2/c1-22(19,20)12-7-8-14-16(11-12)21-15-6-3-2-5-13(15)18(14)10-4-9-17/h2-3,5-8,11H,4,9-10,17H2,1H3. The van der Waals surface area contributed by atoms with E-state index in [1.165, 1.54) is 6.26 Å². The number of rotatable bonds is 4. The molecule has 3 rings (SSSR count). The molecule has 0 saturated carbocycles. The van der Waals surface area contributed by atoms with Gasteiger partial charge in [-0.3, -0.25) is 0 Å². The molecule has 0 fully saturated rings. The van der Waals surface area contributed by atoms with Gasteiger partial charge in [-0.15, -0.1) is 0 Å². The predicted octanol–water partition coefficient (Wildman–Crippen LogP) is 3.04. The van der Waals surface area contributed by atoms with Crippen LogP contribution in [0.5, 0.6) is 0 Å². The second kappa shape index (κ2) is 5.95. The largest absolute Gasteiger partial charge is 0.340 e. The zero-order chi connectivity index (χ0) is 15.7. The fraction of sp³-hybridized carbons (Fsp3) is 0.250. The molecule has 1 heterocycles. The van der Waals surface area contributed by atoms with Crippen LogP contribution in [0.1, 0.15) is 6.42 Å². The van der Waals surface area contributed by atoms with Gasteiger partial charge in [0.25, 0.3) is 0 Å². The normalized spacial score (nSPS) is 13.6. The smallest absolute Gasteiger partial charge is 0.175 e. The van der Waals surface area contributed by atoms with E-state index in [-0.39, 0.29) is 0 Å². The average molecular weight is 334 g/mol. The molecule has 116 valence electrons. The van der Waals surface area contributed by atoms with E-state index in [4.69, 9.17) is 5.73 Å². The summed E-state index contributed by atoms with van der Waals surface area (Å²) in [6.07, 6.45) is 2.12. The summed E-state index contributed by atoms with van der Waals surface area (Å²) in [7, 11) is -3.20. The molecular weight excluding hydrogens is 316 g/mol. The lowest BCUT2D eigenvalue weighted by molar-refractivity contribution is 0.601.